The Balaban J connectivity index is 2.14. The molecule has 24 heavy (non-hydrogen) atoms. The molecule has 0 bridgehead atoms. The molecule has 128 valence electrons. The van der Waals surface area contributed by atoms with E-state index >= 15 is 0 Å². The fourth-order valence-corrected chi connectivity index (χ4v) is 3.17. The van der Waals surface area contributed by atoms with Gasteiger partial charge >= 0.3 is 5.97 Å². The van der Waals surface area contributed by atoms with Gasteiger partial charge in [0.05, 0.1) is 19.1 Å². The maximum Gasteiger partial charge on any atom is 0.307 e. The summed E-state index contributed by atoms with van der Waals surface area (Å²) in [6.45, 7) is 5.39. The summed E-state index contributed by atoms with van der Waals surface area (Å²) in [6.07, 6.45) is 6.55. The Bertz CT molecular complexity index is 600. The lowest BCUT2D eigenvalue weighted by Gasteiger charge is -2.31. The normalized spacial score (nSPS) is 16.8. The van der Waals surface area contributed by atoms with Crippen LogP contribution in [-0.2, 0) is 16.1 Å². The van der Waals surface area contributed by atoms with Crippen LogP contribution in [0.4, 0.5) is 0 Å². The van der Waals surface area contributed by atoms with Crippen molar-refractivity contribution in [2.45, 2.75) is 45.7 Å². The van der Waals surface area contributed by atoms with Crippen LogP contribution in [0.3, 0.4) is 0 Å². The molecule has 0 heterocycles. The van der Waals surface area contributed by atoms with Crippen molar-refractivity contribution in [3.8, 4) is 6.07 Å². The lowest BCUT2D eigenvalue weighted by atomic mass is 9.94. The molecule has 0 saturated heterocycles. The van der Waals surface area contributed by atoms with Crippen molar-refractivity contribution >= 4 is 5.97 Å². The summed E-state index contributed by atoms with van der Waals surface area (Å²) in [5.74, 6) is -0.205. The Morgan fingerprint density at radius 2 is 2.12 bits per heavy atom. The minimum Gasteiger partial charge on any atom is -0.466 e. The van der Waals surface area contributed by atoms with Crippen molar-refractivity contribution < 1.29 is 9.53 Å². The summed E-state index contributed by atoms with van der Waals surface area (Å²) in [6, 6.07) is 12.4. The minimum absolute atomic E-state index is 0.0626. The predicted octanol–water partition coefficient (Wildman–Crippen LogP) is 3.69. The zero-order valence-corrected chi connectivity index (χ0v) is 14.6. The van der Waals surface area contributed by atoms with E-state index in [1.165, 1.54) is 0 Å². The van der Waals surface area contributed by atoms with Crippen molar-refractivity contribution in [1.29, 1.82) is 5.26 Å². The quantitative estimate of drug-likeness (QED) is 0.513. The molecule has 4 heteroatoms. The van der Waals surface area contributed by atoms with Crippen LogP contribution in [0, 0.1) is 16.7 Å². The molecule has 4 nitrogen and oxygen atoms in total. The average molecular weight is 326 g/mol. The third kappa shape index (κ3) is 4.69. The first-order valence-electron chi connectivity index (χ1n) is 8.62. The lowest BCUT2D eigenvalue weighted by molar-refractivity contribution is -0.143. The number of nitriles is 1. The number of hydrogen-bond acceptors (Lipinski definition) is 4. The van der Waals surface area contributed by atoms with Gasteiger partial charge in [-0.05, 0) is 32.3 Å². The molecular formula is C20H26N2O2. The molecule has 1 aliphatic carbocycles. The van der Waals surface area contributed by atoms with E-state index in [0.717, 1.165) is 18.4 Å². The zero-order chi connectivity index (χ0) is 17.4. The molecule has 1 aromatic carbocycles. The van der Waals surface area contributed by atoms with Gasteiger partial charge in [-0.2, -0.15) is 5.26 Å². The number of rotatable bonds is 9. The molecule has 0 aliphatic heterocycles. The van der Waals surface area contributed by atoms with Gasteiger partial charge in [0.25, 0.3) is 0 Å². The van der Waals surface area contributed by atoms with Gasteiger partial charge in [0.1, 0.15) is 6.04 Å². The number of ether oxygens (including phenoxy) is 1. The molecule has 0 N–H and O–H groups in total. The number of benzene rings is 1. The van der Waals surface area contributed by atoms with Crippen LogP contribution in [0.1, 0.15) is 38.7 Å². The Labute approximate surface area is 144 Å². The Hall–Kier alpha value is -2.12. The van der Waals surface area contributed by atoms with Gasteiger partial charge in [0.2, 0.25) is 0 Å². The van der Waals surface area contributed by atoms with Crippen LogP contribution in [0.25, 0.3) is 0 Å². The molecule has 0 spiro atoms. The molecule has 0 radical (unpaired) electrons. The molecule has 0 aromatic heterocycles. The highest BCUT2D eigenvalue weighted by atomic mass is 16.5. The molecular weight excluding hydrogens is 300 g/mol. The van der Waals surface area contributed by atoms with Gasteiger partial charge in [0, 0.05) is 18.5 Å². The molecule has 1 aromatic rings. The molecule has 1 atom stereocenters. The molecule has 0 amide bonds. The Morgan fingerprint density at radius 1 is 1.42 bits per heavy atom. The number of carbonyl (C=O) groups excluding carboxylic acids is 1. The van der Waals surface area contributed by atoms with E-state index in [0.29, 0.717) is 26.1 Å². The number of hydrogen-bond donors (Lipinski definition) is 0. The van der Waals surface area contributed by atoms with Crippen molar-refractivity contribution in [1.82, 2.24) is 4.90 Å². The SMILES string of the molecule is C/C=C/C1(C(C#N)N(CCC(=O)OCC)Cc2ccccc2)CC1. The second-order valence-electron chi connectivity index (χ2n) is 6.28. The molecule has 1 unspecified atom stereocenters. The van der Waals surface area contributed by atoms with Crippen LogP contribution in [0.5, 0.6) is 0 Å². The highest BCUT2D eigenvalue weighted by molar-refractivity contribution is 5.69. The van der Waals surface area contributed by atoms with Crippen molar-refractivity contribution in [2.75, 3.05) is 13.2 Å². The maximum atomic E-state index is 11.8. The van der Waals surface area contributed by atoms with E-state index in [-0.39, 0.29) is 17.4 Å². The van der Waals surface area contributed by atoms with E-state index in [2.05, 4.69) is 29.2 Å². The summed E-state index contributed by atoms with van der Waals surface area (Å²) in [7, 11) is 0. The lowest BCUT2D eigenvalue weighted by Crippen LogP contribution is -2.41. The van der Waals surface area contributed by atoms with Crippen molar-refractivity contribution in [2.24, 2.45) is 5.41 Å². The highest BCUT2D eigenvalue weighted by Crippen LogP contribution is 2.52. The third-order valence-corrected chi connectivity index (χ3v) is 4.49. The van der Waals surface area contributed by atoms with Crippen LogP contribution in [-0.4, -0.2) is 30.1 Å². The standard InChI is InChI=1S/C20H26N2O2/c1-3-11-20(12-13-20)18(15-21)22(14-10-19(23)24-4-2)16-17-8-6-5-7-9-17/h3,5-9,11,18H,4,10,12-14,16H2,1-2H3/b11-3+. The summed E-state index contributed by atoms with van der Waals surface area (Å²) >= 11 is 0. The number of nitrogens with zero attached hydrogens (tertiary/aromatic N) is 2. The maximum absolute atomic E-state index is 11.8. The van der Waals surface area contributed by atoms with Crippen LogP contribution >= 0.6 is 0 Å². The predicted molar refractivity (Wildman–Crippen MR) is 94.0 cm³/mol. The summed E-state index contributed by atoms with van der Waals surface area (Å²) in [5, 5.41) is 9.80. The summed E-state index contributed by atoms with van der Waals surface area (Å²) in [5.41, 5.74) is 1.09. The Morgan fingerprint density at radius 3 is 2.67 bits per heavy atom. The van der Waals surface area contributed by atoms with Gasteiger partial charge in [-0.15, -0.1) is 0 Å². The fourth-order valence-electron chi connectivity index (χ4n) is 3.17. The highest BCUT2D eigenvalue weighted by Gasteiger charge is 2.49. The Kier molecular flexibility index (Phi) is 6.57. The molecule has 1 fully saturated rings. The van der Waals surface area contributed by atoms with Gasteiger partial charge in [-0.1, -0.05) is 42.5 Å². The average Bonchev–Trinajstić information content (AvgIpc) is 3.35. The van der Waals surface area contributed by atoms with E-state index in [1.54, 1.807) is 0 Å². The van der Waals surface area contributed by atoms with Crippen LogP contribution in [0.2, 0.25) is 0 Å². The fraction of sp³-hybridized carbons (Fsp3) is 0.500. The second-order valence-corrected chi connectivity index (χ2v) is 6.28. The summed E-state index contributed by atoms with van der Waals surface area (Å²) < 4.78 is 5.04. The van der Waals surface area contributed by atoms with Gasteiger partial charge in [-0.3, -0.25) is 9.69 Å². The third-order valence-electron chi connectivity index (χ3n) is 4.49. The monoisotopic (exact) mass is 326 g/mol. The minimum atomic E-state index is -0.219. The summed E-state index contributed by atoms with van der Waals surface area (Å²) in [4.78, 5) is 13.9. The molecule has 1 aliphatic rings. The smallest absolute Gasteiger partial charge is 0.307 e. The number of allylic oxidation sites excluding steroid dienone is 1. The number of carbonyl (C=O) groups is 1. The van der Waals surface area contributed by atoms with E-state index in [9.17, 15) is 10.1 Å². The van der Waals surface area contributed by atoms with E-state index in [4.69, 9.17) is 4.74 Å². The molecule has 2 rings (SSSR count). The van der Waals surface area contributed by atoms with Gasteiger partial charge < -0.3 is 4.74 Å². The van der Waals surface area contributed by atoms with Gasteiger partial charge in [0.15, 0.2) is 0 Å². The van der Waals surface area contributed by atoms with Gasteiger partial charge in [-0.25, -0.2) is 0 Å². The zero-order valence-electron chi connectivity index (χ0n) is 14.6. The van der Waals surface area contributed by atoms with E-state index in [1.807, 2.05) is 38.1 Å². The van der Waals surface area contributed by atoms with E-state index < -0.39 is 0 Å². The van der Waals surface area contributed by atoms with Crippen LogP contribution in [0.15, 0.2) is 42.5 Å². The first-order chi connectivity index (χ1) is 11.6. The second kappa shape index (κ2) is 8.65. The molecule has 1 saturated carbocycles. The number of esters is 1. The van der Waals surface area contributed by atoms with Crippen molar-refractivity contribution in [3.05, 3.63) is 48.0 Å². The largest absolute Gasteiger partial charge is 0.466 e. The van der Waals surface area contributed by atoms with Crippen molar-refractivity contribution in [3.63, 3.8) is 0 Å². The van der Waals surface area contributed by atoms with Crippen LogP contribution < -0.4 is 0 Å². The first kappa shape index (κ1) is 18.2. The first-order valence-corrected chi connectivity index (χ1v) is 8.62. The topological polar surface area (TPSA) is 53.3 Å².